The van der Waals surface area contributed by atoms with Crippen LogP contribution in [0.2, 0.25) is 0 Å². The molecule has 6 nitrogen and oxygen atoms in total. The summed E-state index contributed by atoms with van der Waals surface area (Å²) in [4.78, 5) is 4.86. The molecule has 206 valence electrons. The van der Waals surface area contributed by atoms with Gasteiger partial charge in [-0.3, -0.25) is 4.40 Å². The third-order valence-electron chi connectivity index (χ3n) is 7.62. The summed E-state index contributed by atoms with van der Waals surface area (Å²) in [5.74, 6) is -0.449. The van der Waals surface area contributed by atoms with Gasteiger partial charge in [0.1, 0.15) is 11.4 Å². The van der Waals surface area contributed by atoms with Gasteiger partial charge in [0, 0.05) is 27.2 Å². The molecule has 42 heavy (non-hydrogen) atoms. The predicted molar refractivity (Wildman–Crippen MR) is 158 cm³/mol. The first-order valence-electron chi connectivity index (χ1n) is 13.0. The van der Waals surface area contributed by atoms with Crippen LogP contribution in [0.25, 0.3) is 65.8 Å². The number of nitrogens with zero attached hydrogens (tertiary/aromatic N) is 3. The van der Waals surface area contributed by atoms with Crippen LogP contribution in [-0.4, -0.2) is 27.9 Å². The second kappa shape index (κ2) is 8.46. The number of para-hydroxylation sites is 4. The van der Waals surface area contributed by atoms with E-state index in [-0.39, 0.29) is 0 Å². The molecule has 0 atom stereocenters. The van der Waals surface area contributed by atoms with Crippen LogP contribution in [0.1, 0.15) is 0 Å². The first-order chi connectivity index (χ1) is 20.2. The van der Waals surface area contributed by atoms with Gasteiger partial charge < -0.3 is 8.75 Å². The van der Waals surface area contributed by atoms with Crippen molar-refractivity contribution >= 4 is 70.3 Å². The molecule has 8 rings (SSSR count). The van der Waals surface area contributed by atoms with Crippen LogP contribution >= 0.6 is 0 Å². The molecule has 0 amide bonds. The molecule has 0 aliphatic carbocycles. The fourth-order valence-corrected chi connectivity index (χ4v) is 6.40. The first kappa shape index (κ1) is 24.7. The predicted octanol–water partition coefficient (Wildman–Crippen LogP) is 8.12. The van der Waals surface area contributed by atoms with Gasteiger partial charge in [-0.25, -0.2) is 4.98 Å². The molecule has 0 spiro atoms. The van der Waals surface area contributed by atoms with Gasteiger partial charge in [0.25, 0.3) is 0 Å². The number of hydrogen-bond donors (Lipinski definition) is 0. The first-order valence-corrected chi connectivity index (χ1v) is 14.4. The summed E-state index contributed by atoms with van der Waals surface area (Å²) in [5.41, 5.74) is 0.282. The van der Waals surface area contributed by atoms with E-state index in [1.54, 1.807) is 6.07 Å². The number of imidazole rings is 1. The fraction of sp³-hybridized carbons (Fsp3) is 0.0312. The Morgan fingerprint density at radius 2 is 1.36 bits per heavy atom. The molecular weight excluding hydrogens is 563 g/mol. The maximum absolute atomic E-state index is 13.1. The molecule has 3 aromatic heterocycles. The van der Waals surface area contributed by atoms with E-state index >= 15 is 0 Å². The Balaban J connectivity index is 1.57. The number of benzene rings is 5. The van der Waals surface area contributed by atoms with Gasteiger partial charge >= 0.3 is 15.6 Å². The zero-order valence-corrected chi connectivity index (χ0v) is 22.3. The molecule has 3 heterocycles. The summed E-state index contributed by atoms with van der Waals surface area (Å²) in [7, 11) is -5.85. The molecule has 0 saturated heterocycles. The Morgan fingerprint density at radius 3 is 2.14 bits per heavy atom. The monoisotopic (exact) mass is 581 g/mol. The van der Waals surface area contributed by atoms with Crippen molar-refractivity contribution in [3.05, 3.63) is 109 Å². The normalized spacial score (nSPS) is 12.8. The summed E-state index contributed by atoms with van der Waals surface area (Å²) in [6, 6.07) is 33.9. The van der Waals surface area contributed by atoms with Crippen LogP contribution in [-0.2, 0) is 10.1 Å². The number of alkyl halides is 3. The zero-order valence-electron chi connectivity index (χ0n) is 21.5. The lowest BCUT2D eigenvalue weighted by Gasteiger charge is -2.14. The van der Waals surface area contributed by atoms with Crippen LogP contribution < -0.4 is 4.18 Å². The number of aromatic nitrogens is 3. The number of hydrogen-bond acceptors (Lipinski definition) is 4. The van der Waals surface area contributed by atoms with E-state index in [4.69, 9.17) is 4.98 Å². The highest BCUT2D eigenvalue weighted by Crippen LogP contribution is 2.42. The minimum Gasteiger partial charge on any atom is -0.376 e. The number of pyridine rings is 1. The van der Waals surface area contributed by atoms with Gasteiger partial charge in [-0.1, -0.05) is 54.6 Å². The van der Waals surface area contributed by atoms with Crippen LogP contribution in [0.3, 0.4) is 0 Å². The lowest BCUT2D eigenvalue weighted by atomic mass is 10.0. The smallest absolute Gasteiger partial charge is 0.376 e. The van der Waals surface area contributed by atoms with Crippen molar-refractivity contribution in [3.63, 3.8) is 0 Å². The topological polar surface area (TPSA) is 65.6 Å². The van der Waals surface area contributed by atoms with Gasteiger partial charge in [0.15, 0.2) is 0 Å². The van der Waals surface area contributed by atoms with Crippen LogP contribution in [0.5, 0.6) is 5.75 Å². The third kappa shape index (κ3) is 3.38. The highest BCUT2D eigenvalue weighted by Gasteiger charge is 2.48. The Morgan fingerprint density at radius 1 is 0.667 bits per heavy atom. The Labute approximate surface area is 235 Å². The van der Waals surface area contributed by atoms with Gasteiger partial charge in [-0.05, 0) is 60.0 Å². The van der Waals surface area contributed by atoms with E-state index in [1.165, 1.54) is 12.1 Å². The number of fused-ring (bicyclic) bond motifs is 12. The minimum atomic E-state index is -5.85. The fourth-order valence-electron chi connectivity index (χ4n) is 5.95. The maximum Gasteiger partial charge on any atom is 0.534 e. The Kier molecular flexibility index (Phi) is 4.97. The average Bonchev–Trinajstić information content (AvgIpc) is 3.53. The molecule has 8 aromatic rings. The zero-order chi connectivity index (χ0) is 28.8. The van der Waals surface area contributed by atoms with E-state index in [0.717, 1.165) is 43.9 Å². The third-order valence-corrected chi connectivity index (χ3v) is 8.60. The molecular formula is C32H18F3N3O3S. The molecule has 0 aliphatic heterocycles. The van der Waals surface area contributed by atoms with Gasteiger partial charge in [0.2, 0.25) is 0 Å². The Hall–Kier alpha value is -5.09. The van der Waals surface area contributed by atoms with E-state index < -0.39 is 21.4 Å². The molecule has 0 radical (unpaired) electrons. The van der Waals surface area contributed by atoms with E-state index in [1.807, 2.05) is 71.1 Å². The SMILES string of the molecule is O=S(=O)(Oc1ccc2c(c1)c1nc3ccccc3n1c1c2ccc2c1c1ccccc1n2-c1ccccc1)C(F)(F)F. The lowest BCUT2D eigenvalue weighted by molar-refractivity contribution is -0.0500. The van der Waals surface area contributed by atoms with Crippen LogP contribution in [0, 0.1) is 0 Å². The second-order valence-corrected chi connectivity index (χ2v) is 11.5. The lowest BCUT2D eigenvalue weighted by Crippen LogP contribution is -2.28. The quantitative estimate of drug-likeness (QED) is 0.120. The summed E-state index contributed by atoms with van der Waals surface area (Å²) in [6.45, 7) is 0. The molecule has 0 unspecified atom stereocenters. The highest BCUT2D eigenvalue weighted by molar-refractivity contribution is 7.88. The standard InChI is InChI=1S/C32H18F3N3O3S/c33-32(34,35)42(39,40)41-20-14-15-21-22-16-17-28-29(23-10-4-6-12-26(23)37(28)19-8-2-1-3-9-19)30(22)38-27-13-7-5-11-25(27)36-31(38)24(21)18-20/h1-18H. The van der Waals surface area contributed by atoms with Gasteiger partial charge in [0.05, 0.1) is 27.6 Å². The Bertz CT molecular complexity index is 2500. The van der Waals surface area contributed by atoms with Crippen LogP contribution in [0.4, 0.5) is 13.2 Å². The van der Waals surface area contributed by atoms with Crippen molar-refractivity contribution in [1.29, 1.82) is 0 Å². The summed E-state index contributed by atoms with van der Waals surface area (Å²) < 4.78 is 71.6. The van der Waals surface area contributed by atoms with E-state index in [9.17, 15) is 21.6 Å². The van der Waals surface area contributed by atoms with Crippen LogP contribution in [0.15, 0.2) is 109 Å². The molecule has 10 heteroatoms. The van der Waals surface area contributed by atoms with E-state index in [0.29, 0.717) is 21.9 Å². The van der Waals surface area contributed by atoms with Crippen molar-refractivity contribution in [1.82, 2.24) is 14.0 Å². The molecule has 0 saturated carbocycles. The van der Waals surface area contributed by atoms with Gasteiger partial charge in [-0.15, -0.1) is 0 Å². The maximum atomic E-state index is 13.1. The average molecular weight is 582 g/mol. The molecule has 0 bridgehead atoms. The van der Waals surface area contributed by atoms with E-state index in [2.05, 4.69) is 33.0 Å². The molecule has 0 aliphatic rings. The van der Waals surface area contributed by atoms with Crippen molar-refractivity contribution < 1.29 is 25.8 Å². The molecule has 0 fully saturated rings. The summed E-state index contributed by atoms with van der Waals surface area (Å²) in [6.07, 6.45) is 0. The summed E-state index contributed by atoms with van der Waals surface area (Å²) >= 11 is 0. The molecule has 0 N–H and O–H groups in total. The largest absolute Gasteiger partial charge is 0.534 e. The van der Waals surface area contributed by atoms with Crippen molar-refractivity contribution in [2.45, 2.75) is 5.51 Å². The highest BCUT2D eigenvalue weighted by atomic mass is 32.2. The van der Waals surface area contributed by atoms with Crippen molar-refractivity contribution in [2.75, 3.05) is 0 Å². The van der Waals surface area contributed by atoms with Crippen molar-refractivity contribution in [2.24, 2.45) is 0 Å². The van der Waals surface area contributed by atoms with Gasteiger partial charge in [-0.2, -0.15) is 21.6 Å². The number of rotatable bonds is 3. The molecule has 5 aromatic carbocycles. The summed E-state index contributed by atoms with van der Waals surface area (Å²) in [5, 5.41) is 4.00. The second-order valence-electron chi connectivity index (χ2n) is 9.99. The number of halogens is 3. The minimum absolute atomic E-state index is 0.449. The van der Waals surface area contributed by atoms with Crippen molar-refractivity contribution in [3.8, 4) is 11.4 Å².